The summed E-state index contributed by atoms with van der Waals surface area (Å²) in [5.41, 5.74) is 2.84. The van der Waals surface area contributed by atoms with Gasteiger partial charge < -0.3 is 5.11 Å². The summed E-state index contributed by atoms with van der Waals surface area (Å²) >= 11 is 0. The van der Waals surface area contributed by atoms with Crippen molar-refractivity contribution in [2.24, 2.45) is 58.2 Å². The maximum absolute atomic E-state index is 10.5. The fraction of sp³-hybridized carbons (Fsp3) is 0.933. The van der Waals surface area contributed by atoms with Gasteiger partial charge in [-0.15, -0.1) is 0 Å². The van der Waals surface area contributed by atoms with E-state index in [0.29, 0.717) is 22.7 Å². The lowest BCUT2D eigenvalue weighted by molar-refractivity contribution is -0.0774. The van der Waals surface area contributed by atoms with Gasteiger partial charge in [-0.1, -0.05) is 73.0 Å². The fourth-order valence-electron chi connectivity index (χ4n) is 9.61. The van der Waals surface area contributed by atoms with Gasteiger partial charge in [-0.25, -0.2) is 0 Å². The fourth-order valence-corrected chi connectivity index (χ4v) is 9.61. The molecule has 1 nitrogen and oxygen atoms in total. The van der Waals surface area contributed by atoms with Crippen LogP contribution in [0.3, 0.4) is 0 Å². The van der Waals surface area contributed by atoms with E-state index in [9.17, 15) is 5.11 Å². The highest BCUT2D eigenvalue weighted by atomic mass is 16.3. The molecule has 0 amide bonds. The highest BCUT2D eigenvalue weighted by Gasteiger charge is 2.59. The van der Waals surface area contributed by atoms with Crippen molar-refractivity contribution in [2.45, 2.75) is 119 Å². The Morgan fingerprint density at radius 3 is 2.32 bits per heavy atom. The monoisotopic (exact) mass is 428 g/mol. The molecule has 3 fully saturated rings. The van der Waals surface area contributed by atoms with E-state index in [1.807, 2.05) is 5.57 Å². The minimum absolute atomic E-state index is 0.0728. The van der Waals surface area contributed by atoms with Crippen molar-refractivity contribution in [2.75, 3.05) is 0 Å². The maximum atomic E-state index is 10.5. The van der Waals surface area contributed by atoms with E-state index in [0.717, 1.165) is 41.9 Å². The molecule has 4 aliphatic carbocycles. The molecule has 4 rings (SSSR count). The standard InChI is InChI=1S/C30H52O/c1-8-22(19(2)3)10-9-20(4)24-13-14-26-23-11-12-25-21(5)28(31)16-18-30(25,7)27(23)15-17-29(24,26)6/h11,19-22,24-28,31H,8-10,12-18H2,1-7H3/t20-,21+,22-,24-,25+,26+,27-,28+,29+,30-/m1/s1. The molecular formula is C30H52O. The molecule has 31 heavy (non-hydrogen) atoms. The Morgan fingerprint density at radius 1 is 0.968 bits per heavy atom. The predicted octanol–water partition coefficient (Wildman–Crippen LogP) is 8.27. The Kier molecular flexibility index (Phi) is 6.78. The van der Waals surface area contributed by atoms with Crippen LogP contribution < -0.4 is 0 Å². The first-order chi connectivity index (χ1) is 14.6. The van der Waals surface area contributed by atoms with Gasteiger partial charge in [0.25, 0.3) is 0 Å². The summed E-state index contributed by atoms with van der Waals surface area (Å²) < 4.78 is 0. The minimum Gasteiger partial charge on any atom is -0.393 e. The molecule has 0 heterocycles. The highest BCUT2D eigenvalue weighted by molar-refractivity contribution is 5.28. The highest BCUT2D eigenvalue weighted by Crippen LogP contribution is 2.67. The number of rotatable bonds is 6. The molecule has 0 unspecified atom stereocenters. The summed E-state index contributed by atoms with van der Waals surface area (Å²) in [6.07, 6.45) is 16.1. The lowest BCUT2D eigenvalue weighted by Gasteiger charge is -2.59. The Morgan fingerprint density at radius 2 is 1.65 bits per heavy atom. The van der Waals surface area contributed by atoms with Crippen LogP contribution in [0.25, 0.3) is 0 Å². The number of aliphatic hydroxyl groups excluding tert-OH is 1. The molecule has 0 aliphatic heterocycles. The molecule has 178 valence electrons. The molecule has 0 aromatic carbocycles. The van der Waals surface area contributed by atoms with E-state index in [-0.39, 0.29) is 6.10 Å². The average molecular weight is 429 g/mol. The van der Waals surface area contributed by atoms with Crippen LogP contribution in [0.15, 0.2) is 11.6 Å². The predicted molar refractivity (Wildman–Crippen MR) is 133 cm³/mol. The molecule has 0 radical (unpaired) electrons. The largest absolute Gasteiger partial charge is 0.393 e. The topological polar surface area (TPSA) is 20.2 Å². The minimum atomic E-state index is -0.0728. The Balaban J connectivity index is 1.50. The molecule has 0 aromatic heterocycles. The molecule has 0 saturated heterocycles. The zero-order valence-corrected chi connectivity index (χ0v) is 21.8. The van der Waals surface area contributed by atoms with Crippen LogP contribution >= 0.6 is 0 Å². The second-order valence-electron chi connectivity index (χ2n) is 13.3. The van der Waals surface area contributed by atoms with Crippen molar-refractivity contribution >= 4 is 0 Å². The van der Waals surface area contributed by atoms with Gasteiger partial charge >= 0.3 is 0 Å². The van der Waals surface area contributed by atoms with Gasteiger partial charge in [0.2, 0.25) is 0 Å². The zero-order chi connectivity index (χ0) is 22.6. The summed E-state index contributed by atoms with van der Waals surface area (Å²) in [7, 11) is 0. The molecule has 10 atom stereocenters. The van der Waals surface area contributed by atoms with Crippen LogP contribution in [-0.2, 0) is 0 Å². The molecule has 3 saturated carbocycles. The second-order valence-corrected chi connectivity index (χ2v) is 13.3. The molecule has 1 N–H and O–H groups in total. The van der Waals surface area contributed by atoms with Crippen molar-refractivity contribution in [1.29, 1.82) is 0 Å². The van der Waals surface area contributed by atoms with E-state index >= 15 is 0 Å². The van der Waals surface area contributed by atoms with E-state index in [4.69, 9.17) is 0 Å². The van der Waals surface area contributed by atoms with E-state index in [1.54, 1.807) is 0 Å². The van der Waals surface area contributed by atoms with Gasteiger partial charge in [-0.05, 0) is 110 Å². The van der Waals surface area contributed by atoms with Crippen LogP contribution in [0.5, 0.6) is 0 Å². The summed E-state index contributed by atoms with van der Waals surface area (Å²) in [6, 6.07) is 0. The first kappa shape index (κ1) is 23.8. The number of aliphatic hydroxyl groups is 1. The van der Waals surface area contributed by atoms with Crippen LogP contribution in [0.4, 0.5) is 0 Å². The first-order valence-electron chi connectivity index (χ1n) is 14.0. The third-order valence-corrected chi connectivity index (χ3v) is 11.8. The molecule has 0 aromatic rings. The second kappa shape index (κ2) is 8.81. The molecular weight excluding hydrogens is 376 g/mol. The maximum Gasteiger partial charge on any atom is 0.0568 e. The van der Waals surface area contributed by atoms with Gasteiger partial charge in [0, 0.05) is 0 Å². The van der Waals surface area contributed by atoms with Crippen LogP contribution in [-0.4, -0.2) is 11.2 Å². The summed E-state index contributed by atoms with van der Waals surface area (Å²) in [5, 5.41) is 10.5. The van der Waals surface area contributed by atoms with E-state index in [1.165, 1.54) is 57.8 Å². The van der Waals surface area contributed by atoms with Gasteiger partial charge in [-0.3, -0.25) is 0 Å². The smallest absolute Gasteiger partial charge is 0.0568 e. The molecule has 0 spiro atoms. The lowest BCUT2D eigenvalue weighted by Crippen LogP contribution is -2.52. The molecule has 0 bridgehead atoms. The van der Waals surface area contributed by atoms with Crippen molar-refractivity contribution in [3.8, 4) is 0 Å². The van der Waals surface area contributed by atoms with Gasteiger partial charge in [0.05, 0.1) is 6.10 Å². The number of hydrogen-bond donors (Lipinski definition) is 1. The zero-order valence-electron chi connectivity index (χ0n) is 21.8. The number of fused-ring (bicyclic) bond motifs is 5. The third-order valence-electron chi connectivity index (χ3n) is 11.8. The van der Waals surface area contributed by atoms with Crippen LogP contribution in [0.2, 0.25) is 0 Å². The quantitative estimate of drug-likeness (QED) is 0.422. The van der Waals surface area contributed by atoms with Crippen LogP contribution in [0.1, 0.15) is 113 Å². The average Bonchev–Trinajstić information content (AvgIpc) is 3.08. The van der Waals surface area contributed by atoms with E-state index in [2.05, 4.69) is 54.5 Å². The summed E-state index contributed by atoms with van der Waals surface area (Å²) in [6.45, 7) is 17.4. The number of hydrogen-bond acceptors (Lipinski definition) is 1. The number of allylic oxidation sites excluding steroid dienone is 2. The Hall–Kier alpha value is -0.300. The van der Waals surface area contributed by atoms with Crippen molar-refractivity contribution in [3.63, 3.8) is 0 Å². The SMILES string of the molecule is CC[C@H](CC[C@@H](C)[C@H]1CC[C@H]2C3=CC[C@H]4[C@H](C)[C@@H](O)CC[C@@]4(C)[C@@H]3CC[C@@]12C)C(C)C. The van der Waals surface area contributed by atoms with E-state index < -0.39 is 0 Å². The third kappa shape index (κ3) is 3.87. The van der Waals surface area contributed by atoms with Gasteiger partial charge in [0.1, 0.15) is 0 Å². The van der Waals surface area contributed by atoms with Gasteiger partial charge in [0.15, 0.2) is 0 Å². The van der Waals surface area contributed by atoms with Gasteiger partial charge in [-0.2, -0.15) is 0 Å². The lowest BCUT2D eigenvalue weighted by atomic mass is 9.46. The summed E-state index contributed by atoms with van der Waals surface area (Å²) in [4.78, 5) is 0. The summed E-state index contributed by atoms with van der Waals surface area (Å²) in [5.74, 6) is 6.31. The molecule has 1 heteroatoms. The van der Waals surface area contributed by atoms with Crippen molar-refractivity contribution in [1.82, 2.24) is 0 Å². The van der Waals surface area contributed by atoms with Crippen molar-refractivity contribution < 1.29 is 5.11 Å². The van der Waals surface area contributed by atoms with Crippen molar-refractivity contribution in [3.05, 3.63) is 11.6 Å². The Labute approximate surface area is 193 Å². The first-order valence-corrected chi connectivity index (χ1v) is 14.0. The molecule has 4 aliphatic rings. The van der Waals surface area contributed by atoms with Crippen LogP contribution in [0, 0.1) is 58.2 Å². The Bertz CT molecular complexity index is 663. The normalized spacial score (nSPS) is 46.7.